The van der Waals surface area contributed by atoms with Crippen molar-refractivity contribution in [3.63, 3.8) is 0 Å². The molecule has 30 heavy (non-hydrogen) atoms. The highest BCUT2D eigenvalue weighted by Gasteiger charge is 2.14. The Labute approximate surface area is 179 Å². The van der Waals surface area contributed by atoms with E-state index in [0.717, 1.165) is 5.39 Å². The number of pyridine rings is 1. The van der Waals surface area contributed by atoms with Gasteiger partial charge in [-0.25, -0.2) is 4.98 Å². The summed E-state index contributed by atoms with van der Waals surface area (Å²) in [5.74, 6) is 1.60. The largest absolute Gasteiger partial charge is 0.493 e. The molecule has 0 fully saturated rings. The van der Waals surface area contributed by atoms with Crippen LogP contribution in [0.3, 0.4) is 0 Å². The fourth-order valence-electron chi connectivity index (χ4n) is 2.84. The van der Waals surface area contributed by atoms with Crippen LogP contribution >= 0.6 is 11.8 Å². The van der Waals surface area contributed by atoms with E-state index in [0.29, 0.717) is 45.6 Å². The molecular weight excluding hydrogens is 402 g/mol. The van der Waals surface area contributed by atoms with Crippen molar-refractivity contribution in [3.8, 4) is 23.3 Å². The minimum absolute atomic E-state index is 0.0982. The van der Waals surface area contributed by atoms with E-state index in [9.17, 15) is 10.1 Å². The van der Waals surface area contributed by atoms with Crippen molar-refractivity contribution in [2.75, 3.05) is 31.9 Å². The van der Waals surface area contributed by atoms with E-state index in [-0.39, 0.29) is 11.7 Å². The molecule has 0 spiro atoms. The molecule has 8 heteroatoms. The van der Waals surface area contributed by atoms with Crippen LogP contribution in [-0.2, 0) is 4.79 Å². The first-order valence-corrected chi connectivity index (χ1v) is 10.2. The quantitative estimate of drug-likeness (QED) is 0.541. The number of carbonyl (C=O) groups excluding carboxylic acids is 1. The molecule has 1 amide bonds. The number of ether oxygens (including phenoxy) is 3. The van der Waals surface area contributed by atoms with Crippen molar-refractivity contribution in [1.29, 1.82) is 5.26 Å². The van der Waals surface area contributed by atoms with E-state index in [2.05, 4.69) is 16.4 Å². The van der Waals surface area contributed by atoms with Crippen LogP contribution in [0.1, 0.15) is 12.5 Å². The van der Waals surface area contributed by atoms with Gasteiger partial charge in [0.25, 0.3) is 0 Å². The Morgan fingerprint density at radius 3 is 2.57 bits per heavy atom. The van der Waals surface area contributed by atoms with Gasteiger partial charge < -0.3 is 19.5 Å². The summed E-state index contributed by atoms with van der Waals surface area (Å²) < 4.78 is 16.2. The average molecular weight is 423 g/mol. The summed E-state index contributed by atoms with van der Waals surface area (Å²) in [6.45, 7) is 2.39. The molecule has 7 nitrogen and oxygen atoms in total. The molecule has 1 aromatic heterocycles. The summed E-state index contributed by atoms with van der Waals surface area (Å²) >= 11 is 1.20. The fourth-order valence-corrected chi connectivity index (χ4v) is 3.61. The summed E-state index contributed by atoms with van der Waals surface area (Å²) in [5, 5.41) is 13.6. The first kappa shape index (κ1) is 21.3. The number of aromatic nitrogens is 1. The van der Waals surface area contributed by atoms with Crippen molar-refractivity contribution in [3.05, 3.63) is 48.0 Å². The molecule has 0 bridgehead atoms. The second-order valence-corrected chi connectivity index (χ2v) is 7.08. The standard InChI is InChI=1S/C22H21N3O4S/c1-4-29-18-8-6-5-7-16(18)24-21(26)13-30-22-15(12-23)9-14-10-19(27-2)20(28-3)11-17(14)25-22/h5-11H,4,13H2,1-3H3,(H,24,26). The van der Waals surface area contributed by atoms with Gasteiger partial charge in [-0.2, -0.15) is 5.26 Å². The third-order valence-electron chi connectivity index (χ3n) is 4.21. The molecule has 0 atom stereocenters. The summed E-state index contributed by atoms with van der Waals surface area (Å²) in [4.78, 5) is 17.0. The number of nitriles is 1. The Morgan fingerprint density at radius 2 is 1.87 bits per heavy atom. The number of nitrogens with one attached hydrogen (secondary N) is 1. The van der Waals surface area contributed by atoms with Gasteiger partial charge in [0.2, 0.25) is 5.91 Å². The second kappa shape index (κ2) is 9.85. The van der Waals surface area contributed by atoms with Crippen molar-refractivity contribution >= 4 is 34.3 Å². The van der Waals surface area contributed by atoms with Crippen LogP contribution in [-0.4, -0.2) is 37.5 Å². The molecular formula is C22H21N3O4S. The smallest absolute Gasteiger partial charge is 0.234 e. The molecule has 0 radical (unpaired) electrons. The van der Waals surface area contributed by atoms with Gasteiger partial charge in [0.15, 0.2) is 11.5 Å². The van der Waals surface area contributed by atoms with Crippen LogP contribution < -0.4 is 19.5 Å². The number of fused-ring (bicyclic) bond motifs is 1. The molecule has 3 rings (SSSR count). The number of carbonyl (C=O) groups is 1. The summed E-state index contributed by atoms with van der Waals surface area (Å²) in [6, 6.07) is 14.6. The van der Waals surface area contributed by atoms with E-state index in [1.54, 1.807) is 44.6 Å². The zero-order valence-corrected chi connectivity index (χ0v) is 17.7. The monoisotopic (exact) mass is 423 g/mol. The van der Waals surface area contributed by atoms with Crippen LogP contribution in [0.15, 0.2) is 47.5 Å². The summed E-state index contributed by atoms with van der Waals surface area (Å²) in [5.41, 5.74) is 1.65. The molecule has 1 N–H and O–H groups in total. The lowest BCUT2D eigenvalue weighted by Crippen LogP contribution is -2.15. The number of rotatable bonds is 8. The minimum atomic E-state index is -0.217. The van der Waals surface area contributed by atoms with E-state index < -0.39 is 0 Å². The van der Waals surface area contributed by atoms with Crippen LogP contribution in [0, 0.1) is 11.3 Å². The van der Waals surface area contributed by atoms with E-state index in [1.165, 1.54) is 11.8 Å². The molecule has 2 aromatic carbocycles. The number of nitrogens with zero attached hydrogens (tertiary/aromatic N) is 2. The highest BCUT2D eigenvalue weighted by atomic mass is 32.2. The zero-order valence-electron chi connectivity index (χ0n) is 16.9. The molecule has 0 unspecified atom stereocenters. The maximum Gasteiger partial charge on any atom is 0.234 e. The van der Waals surface area contributed by atoms with Crippen LogP contribution in [0.5, 0.6) is 17.2 Å². The lowest BCUT2D eigenvalue weighted by molar-refractivity contribution is -0.113. The number of para-hydroxylation sites is 2. The highest BCUT2D eigenvalue weighted by molar-refractivity contribution is 8.00. The topological polar surface area (TPSA) is 93.5 Å². The van der Waals surface area contributed by atoms with E-state index >= 15 is 0 Å². The first-order valence-electron chi connectivity index (χ1n) is 9.21. The second-order valence-electron chi connectivity index (χ2n) is 6.12. The van der Waals surface area contributed by atoms with Crippen molar-refractivity contribution in [1.82, 2.24) is 4.98 Å². The number of thioether (sulfide) groups is 1. The Balaban J connectivity index is 1.80. The zero-order chi connectivity index (χ0) is 21.5. The predicted octanol–water partition coefficient (Wildman–Crippen LogP) is 4.25. The Hall–Kier alpha value is -3.44. The third kappa shape index (κ3) is 4.75. The lowest BCUT2D eigenvalue weighted by Gasteiger charge is -2.12. The van der Waals surface area contributed by atoms with Gasteiger partial charge >= 0.3 is 0 Å². The third-order valence-corrected chi connectivity index (χ3v) is 5.20. The van der Waals surface area contributed by atoms with Gasteiger partial charge in [0.1, 0.15) is 16.8 Å². The van der Waals surface area contributed by atoms with Crippen molar-refractivity contribution < 1.29 is 19.0 Å². The van der Waals surface area contributed by atoms with Gasteiger partial charge in [-0.05, 0) is 31.2 Å². The number of hydrogen-bond donors (Lipinski definition) is 1. The Kier molecular flexibility index (Phi) is 6.99. The van der Waals surface area contributed by atoms with Gasteiger partial charge in [0.05, 0.1) is 43.3 Å². The molecule has 0 aliphatic rings. The summed E-state index contributed by atoms with van der Waals surface area (Å²) in [6.07, 6.45) is 0. The molecule has 0 aliphatic heterocycles. The average Bonchev–Trinajstić information content (AvgIpc) is 2.77. The van der Waals surface area contributed by atoms with Gasteiger partial charge in [-0.15, -0.1) is 0 Å². The molecule has 1 heterocycles. The maximum atomic E-state index is 12.5. The Bertz CT molecular complexity index is 1110. The molecule has 0 aliphatic carbocycles. The lowest BCUT2D eigenvalue weighted by atomic mass is 10.1. The van der Waals surface area contributed by atoms with Gasteiger partial charge in [0, 0.05) is 11.5 Å². The predicted molar refractivity (Wildman–Crippen MR) is 117 cm³/mol. The first-order chi connectivity index (χ1) is 14.6. The van der Waals surface area contributed by atoms with Gasteiger partial charge in [-0.1, -0.05) is 23.9 Å². The maximum absolute atomic E-state index is 12.5. The minimum Gasteiger partial charge on any atom is -0.493 e. The molecule has 0 saturated heterocycles. The van der Waals surface area contributed by atoms with Crippen LogP contribution in [0.25, 0.3) is 10.9 Å². The number of benzene rings is 2. The Morgan fingerprint density at radius 1 is 1.13 bits per heavy atom. The van der Waals surface area contributed by atoms with E-state index in [4.69, 9.17) is 14.2 Å². The number of anilines is 1. The van der Waals surface area contributed by atoms with Crippen molar-refractivity contribution in [2.45, 2.75) is 11.9 Å². The van der Waals surface area contributed by atoms with Crippen molar-refractivity contribution in [2.24, 2.45) is 0 Å². The van der Waals surface area contributed by atoms with Gasteiger partial charge in [-0.3, -0.25) is 4.79 Å². The normalized spacial score (nSPS) is 10.3. The molecule has 3 aromatic rings. The fraction of sp³-hybridized carbons (Fsp3) is 0.227. The molecule has 154 valence electrons. The van der Waals surface area contributed by atoms with Crippen LogP contribution in [0.4, 0.5) is 5.69 Å². The number of amides is 1. The number of methoxy groups -OCH3 is 2. The number of hydrogen-bond acceptors (Lipinski definition) is 7. The SMILES string of the molecule is CCOc1ccccc1NC(=O)CSc1nc2cc(OC)c(OC)cc2cc1C#N. The highest BCUT2D eigenvalue weighted by Crippen LogP contribution is 2.34. The van der Waals surface area contributed by atoms with Crippen LogP contribution in [0.2, 0.25) is 0 Å². The van der Waals surface area contributed by atoms with E-state index in [1.807, 2.05) is 19.1 Å². The summed E-state index contributed by atoms with van der Waals surface area (Å²) in [7, 11) is 3.10. The molecule has 0 saturated carbocycles.